The Bertz CT molecular complexity index is 1030. The van der Waals surface area contributed by atoms with Crippen molar-refractivity contribution < 1.29 is 23.1 Å². The maximum absolute atomic E-state index is 12.6. The molecule has 2 N–H and O–H groups in total. The number of nitrogens with one attached hydrogen (secondary N) is 2. The first kappa shape index (κ1) is 20.0. The predicted octanol–water partition coefficient (Wildman–Crippen LogP) is 1.94. The van der Waals surface area contributed by atoms with Crippen LogP contribution in [0, 0.1) is 0 Å². The van der Waals surface area contributed by atoms with Crippen LogP contribution in [0.4, 0.5) is 14.5 Å². The highest BCUT2D eigenvalue weighted by molar-refractivity contribution is 6.09. The van der Waals surface area contributed by atoms with E-state index in [2.05, 4.69) is 25.6 Å². The Morgan fingerprint density at radius 1 is 1.14 bits per heavy atom. The number of benzene rings is 1. The summed E-state index contributed by atoms with van der Waals surface area (Å²) in [4.78, 5) is 25.2. The minimum absolute atomic E-state index is 0.0987. The second-order valence-electron chi connectivity index (χ2n) is 6.06. The van der Waals surface area contributed by atoms with Crippen molar-refractivity contribution in [3.05, 3.63) is 59.7 Å². The first-order valence-corrected chi connectivity index (χ1v) is 8.48. The number of nitrogens with zero attached hydrogens (tertiary/aromatic N) is 4. The van der Waals surface area contributed by atoms with Gasteiger partial charge in [0.25, 0.3) is 11.8 Å². The summed E-state index contributed by atoms with van der Waals surface area (Å²) in [6.07, 6.45) is 4.67. The molecule has 0 aliphatic rings. The van der Waals surface area contributed by atoms with Gasteiger partial charge in [-0.3, -0.25) is 19.0 Å². The van der Waals surface area contributed by atoms with Crippen molar-refractivity contribution in [2.24, 2.45) is 14.1 Å². The van der Waals surface area contributed by atoms with Gasteiger partial charge in [0.05, 0.1) is 23.6 Å². The van der Waals surface area contributed by atoms with Crippen LogP contribution in [-0.4, -0.2) is 38.0 Å². The van der Waals surface area contributed by atoms with Gasteiger partial charge < -0.3 is 15.4 Å². The molecule has 29 heavy (non-hydrogen) atoms. The van der Waals surface area contributed by atoms with Crippen LogP contribution in [-0.2, 0) is 20.6 Å². The van der Waals surface area contributed by atoms with Gasteiger partial charge in [-0.15, -0.1) is 0 Å². The smallest absolute Gasteiger partial charge is 0.387 e. The molecule has 0 saturated heterocycles. The average molecular weight is 404 g/mol. The van der Waals surface area contributed by atoms with Crippen LogP contribution in [0.2, 0.25) is 0 Å². The van der Waals surface area contributed by atoms with Gasteiger partial charge in [-0.05, 0) is 12.1 Å². The molecule has 0 aliphatic heterocycles. The van der Waals surface area contributed by atoms with E-state index in [0.717, 1.165) is 5.56 Å². The summed E-state index contributed by atoms with van der Waals surface area (Å²) in [5.41, 5.74) is 0.938. The summed E-state index contributed by atoms with van der Waals surface area (Å²) >= 11 is 0. The number of halogens is 2. The van der Waals surface area contributed by atoms with Crippen LogP contribution >= 0.6 is 0 Å². The Labute approximate surface area is 164 Å². The van der Waals surface area contributed by atoms with Gasteiger partial charge in [0.2, 0.25) is 0 Å². The van der Waals surface area contributed by atoms with E-state index >= 15 is 0 Å². The molecule has 3 rings (SSSR count). The molecule has 0 spiro atoms. The molecule has 0 atom stereocenters. The number of hydrogen-bond acceptors (Lipinski definition) is 5. The Balaban J connectivity index is 1.76. The predicted molar refractivity (Wildman–Crippen MR) is 98.6 cm³/mol. The molecule has 0 bridgehead atoms. The molecular formula is C18H18F2N6O3. The number of rotatable bonds is 7. The Hall–Kier alpha value is -3.76. The molecule has 1 aromatic carbocycles. The molecule has 9 nitrogen and oxygen atoms in total. The number of carbonyl (C=O) groups is 2. The maximum Gasteiger partial charge on any atom is 0.387 e. The van der Waals surface area contributed by atoms with E-state index in [0.29, 0.717) is 0 Å². The lowest BCUT2D eigenvalue weighted by molar-refractivity contribution is -0.0501. The molecule has 0 unspecified atom stereocenters. The van der Waals surface area contributed by atoms with Crippen molar-refractivity contribution >= 4 is 17.5 Å². The highest BCUT2D eigenvalue weighted by atomic mass is 19.3. The van der Waals surface area contributed by atoms with E-state index in [9.17, 15) is 18.4 Å². The van der Waals surface area contributed by atoms with Gasteiger partial charge >= 0.3 is 6.61 Å². The third-order valence-electron chi connectivity index (χ3n) is 3.96. The van der Waals surface area contributed by atoms with Crippen LogP contribution < -0.4 is 15.4 Å². The Morgan fingerprint density at radius 3 is 2.59 bits per heavy atom. The normalized spacial score (nSPS) is 10.8. The Kier molecular flexibility index (Phi) is 5.86. The molecule has 0 aliphatic carbocycles. The fourth-order valence-electron chi connectivity index (χ4n) is 2.67. The number of carbonyl (C=O) groups excluding carboxylic acids is 2. The lowest BCUT2D eigenvalue weighted by Crippen LogP contribution is -2.26. The first-order valence-electron chi connectivity index (χ1n) is 8.48. The third kappa shape index (κ3) is 4.75. The van der Waals surface area contributed by atoms with Crippen molar-refractivity contribution in [3.8, 4) is 5.75 Å². The zero-order valence-electron chi connectivity index (χ0n) is 15.6. The zero-order valence-corrected chi connectivity index (χ0v) is 15.6. The molecule has 2 amide bonds. The lowest BCUT2D eigenvalue weighted by Gasteiger charge is -2.11. The number of ether oxygens (including phenoxy) is 1. The van der Waals surface area contributed by atoms with Crippen LogP contribution in [0.3, 0.4) is 0 Å². The molecule has 0 saturated carbocycles. The summed E-state index contributed by atoms with van der Waals surface area (Å²) < 4.78 is 32.4. The number of aromatic nitrogens is 4. The van der Waals surface area contributed by atoms with Gasteiger partial charge in [-0.2, -0.15) is 19.0 Å². The SMILES string of the molecule is Cn1cc(CNC(=O)c2c(NC(=O)c3ccccc3OC(F)F)cnn2C)cn1. The number of amides is 2. The second kappa shape index (κ2) is 8.50. The third-order valence-corrected chi connectivity index (χ3v) is 3.96. The first-order chi connectivity index (χ1) is 13.8. The van der Waals surface area contributed by atoms with Crippen molar-refractivity contribution in [2.45, 2.75) is 13.2 Å². The fourth-order valence-corrected chi connectivity index (χ4v) is 2.67. The summed E-state index contributed by atoms with van der Waals surface area (Å²) in [5.74, 6) is -1.46. The van der Waals surface area contributed by atoms with Crippen molar-refractivity contribution in [1.82, 2.24) is 24.9 Å². The molecule has 2 aromatic heterocycles. The monoisotopic (exact) mass is 404 g/mol. The average Bonchev–Trinajstić information content (AvgIpc) is 3.25. The van der Waals surface area contributed by atoms with Crippen molar-refractivity contribution in [3.63, 3.8) is 0 Å². The van der Waals surface area contributed by atoms with Gasteiger partial charge in [-0.25, -0.2) is 0 Å². The van der Waals surface area contributed by atoms with Crippen molar-refractivity contribution in [2.75, 3.05) is 5.32 Å². The van der Waals surface area contributed by atoms with Crippen LogP contribution in [0.1, 0.15) is 26.4 Å². The zero-order chi connectivity index (χ0) is 21.0. The molecule has 3 aromatic rings. The molecule has 2 heterocycles. The summed E-state index contributed by atoms with van der Waals surface area (Å²) in [7, 11) is 3.30. The fraction of sp³-hybridized carbons (Fsp3) is 0.222. The van der Waals surface area contributed by atoms with E-state index in [4.69, 9.17) is 0 Å². The largest absolute Gasteiger partial charge is 0.434 e. The van der Waals surface area contributed by atoms with E-state index in [-0.39, 0.29) is 29.2 Å². The number of hydrogen-bond donors (Lipinski definition) is 2. The van der Waals surface area contributed by atoms with Gasteiger partial charge in [0.1, 0.15) is 11.4 Å². The van der Waals surface area contributed by atoms with Crippen molar-refractivity contribution in [1.29, 1.82) is 0 Å². The van der Waals surface area contributed by atoms with Gasteiger partial charge in [0.15, 0.2) is 0 Å². The van der Waals surface area contributed by atoms with Crippen LogP contribution in [0.25, 0.3) is 0 Å². The highest BCUT2D eigenvalue weighted by Gasteiger charge is 2.21. The molecular weight excluding hydrogens is 386 g/mol. The van der Waals surface area contributed by atoms with Gasteiger partial charge in [0, 0.05) is 32.4 Å². The maximum atomic E-state index is 12.6. The molecule has 0 fully saturated rings. The van der Waals surface area contributed by atoms with Gasteiger partial charge in [-0.1, -0.05) is 12.1 Å². The molecule has 11 heteroatoms. The second-order valence-corrected chi connectivity index (χ2v) is 6.06. The number of anilines is 1. The van der Waals surface area contributed by atoms with Crippen LogP contribution in [0.5, 0.6) is 5.75 Å². The molecule has 152 valence electrons. The Morgan fingerprint density at radius 2 is 1.90 bits per heavy atom. The topological polar surface area (TPSA) is 103 Å². The highest BCUT2D eigenvalue weighted by Crippen LogP contribution is 2.23. The lowest BCUT2D eigenvalue weighted by atomic mass is 10.2. The van der Waals surface area contributed by atoms with Crippen LogP contribution in [0.15, 0.2) is 42.9 Å². The number of alkyl halides is 2. The van der Waals surface area contributed by atoms with E-state index in [1.807, 2.05) is 0 Å². The minimum atomic E-state index is -3.07. The summed E-state index contributed by atoms with van der Waals surface area (Å²) in [5, 5.41) is 13.2. The number of aryl methyl sites for hydroxylation is 2. The van der Waals surface area contributed by atoms with E-state index in [1.165, 1.54) is 35.1 Å². The van der Waals surface area contributed by atoms with E-state index < -0.39 is 18.4 Å². The summed E-state index contributed by atoms with van der Waals surface area (Å²) in [6.45, 7) is -2.84. The molecule has 0 radical (unpaired) electrons. The quantitative estimate of drug-likeness (QED) is 0.627. The minimum Gasteiger partial charge on any atom is -0.434 e. The van der Waals surface area contributed by atoms with E-state index in [1.54, 1.807) is 31.2 Å². The summed E-state index contributed by atoms with van der Waals surface area (Å²) in [6, 6.07) is 5.57. The standard InChI is InChI=1S/C18H18F2N6O3/c1-25-10-11(8-22-25)7-21-17(28)15-13(9-23-26(15)2)24-16(27)12-5-3-4-6-14(12)29-18(19)20/h3-6,8-10,18H,7H2,1-2H3,(H,21,28)(H,24,27). The number of para-hydroxylation sites is 1.